The summed E-state index contributed by atoms with van der Waals surface area (Å²) < 4.78 is 53.5. The third-order valence-electron chi connectivity index (χ3n) is 7.16. The van der Waals surface area contributed by atoms with Crippen molar-refractivity contribution in [3.63, 3.8) is 0 Å². The molecule has 4 nitrogen and oxygen atoms in total. The first-order chi connectivity index (χ1) is 17.2. The van der Waals surface area contributed by atoms with Crippen LogP contribution < -0.4 is 15.1 Å². The third-order valence-corrected chi connectivity index (χ3v) is 7.16. The summed E-state index contributed by atoms with van der Waals surface area (Å²) in [6, 6.07) is 17.7. The zero-order valence-electron chi connectivity index (χ0n) is 19.9. The van der Waals surface area contributed by atoms with Crippen molar-refractivity contribution in [2.24, 2.45) is 5.92 Å². The molecule has 1 fully saturated rings. The summed E-state index contributed by atoms with van der Waals surface area (Å²) in [5.74, 6) is -1.11. The molecule has 2 atom stereocenters. The second-order valence-corrected chi connectivity index (χ2v) is 9.54. The quantitative estimate of drug-likeness (QED) is 0.495. The first-order valence-corrected chi connectivity index (χ1v) is 12.0. The van der Waals surface area contributed by atoms with Crippen molar-refractivity contribution < 1.29 is 22.4 Å². The maximum absolute atomic E-state index is 13.4. The van der Waals surface area contributed by atoms with Crippen LogP contribution in [0.2, 0.25) is 0 Å². The van der Waals surface area contributed by atoms with Gasteiger partial charge in [0.1, 0.15) is 5.82 Å². The highest BCUT2D eigenvalue weighted by molar-refractivity contribution is 5.82. The van der Waals surface area contributed by atoms with Crippen molar-refractivity contribution in [3.05, 3.63) is 94.8 Å². The molecular weight excluding hydrogens is 470 g/mol. The SMILES string of the molecule is Cc1ccc(N2CCN3c4ccc(C(F)(F)F)cc4C[C@H](C(=O)NCc4ccc(F)cc4)[C@H]3C2)cc1. The summed E-state index contributed by atoms with van der Waals surface area (Å²) in [6.07, 6.45) is -4.23. The van der Waals surface area contributed by atoms with Crippen LogP contribution in [-0.2, 0) is 23.9 Å². The average Bonchev–Trinajstić information content (AvgIpc) is 2.87. The number of piperazine rings is 1. The molecule has 0 aromatic heterocycles. The number of alkyl halides is 3. The summed E-state index contributed by atoms with van der Waals surface area (Å²) in [7, 11) is 0. The molecule has 5 rings (SSSR count). The van der Waals surface area contributed by atoms with Crippen LogP contribution in [-0.4, -0.2) is 31.6 Å². The minimum atomic E-state index is -4.45. The number of nitrogens with one attached hydrogen (secondary N) is 1. The molecule has 3 aromatic rings. The predicted octanol–water partition coefficient (Wildman–Crippen LogP) is 5.34. The van der Waals surface area contributed by atoms with E-state index in [0.29, 0.717) is 25.2 Å². The molecule has 188 valence electrons. The number of amides is 1. The van der Waals surface area contributed by atoms with E-state index in [1.54, 1.807) is 18.2 Å². The van der Waals surface area contributed by atoms with Gasteiger partial charge in [-0.1, -0.05) is 29.8 Å². The highest BCUT2D eigenvalue weighted by Crippen LogP contribution is 2.40. The van der Waals surface area contributed by atoms with Gasteiger partial charge in [0.25, 0.3) is 0 Å². The lowest BCUT2D eigenvalue weighted by Gasteiger charge is -2.49. The monoisotopic (exact) mass is 497 g/mol. The Balaban J connectivity index is 1.43. The number of carbonyl (C=O) groups is 1. The van der Waals surface area contributed by atoms with Crippen LogP contribution in [0.4, 0.5) is 28.9 Å². The number of hydrogen-bond acceptors (Lipinski definition) is 3. The summed E-state index contributed by atoms with van der Waals surface area (Å²) in [6.45, 7) is 4.12. The van der Waals surface area contributed by atoms with E-state index < -0.39 is 17.7 Å². The lowest BCUT2D eigenvalue weighted by Crippen LogP contribution is -2.61. The Morgan fingerprint density at radius 1 is 1.00 bits per heavy atom. The minimum absolute atomic E-state index is 0.197. The zero-order chi connectivity index (χ0) is 25.4. The fourth-order valence-corrected chi connectivity index (χ4v) is 5.21. The van der Waals surface area contributed by atoms with Crippen molar-refractivity contribution in [2.75, 3.05) is 29.4 Å². The Kier molecular flexibility index (Phi) is 6.36. The van der Waals surface area contributed by atoms with E-state index in [0.717, 1.165) is 28.6 Å². The Morgan fingerprint density at radius 2 is 1.72 bits per heavy atom. The van der Waals surface area contributed by atoms with E-state index in [2.05, 4.69) is 27.2 Å². The van der Waals surface area contributed by atoms with Crippen LogP contribution in [0.1, 0.15) is 22.3 Å². The number of fused-ring (bicyclic) bond motifs is 3. The van der Waals surface area contributed by atoms with Gasteiger partial charge in [0.15, 0.2) is 0 Å². The number of nitrogens with zero attached hydrogens (tertiary/aromatic N) is 2. The molecular formula is C28H27F4N3O. The molecule has 0 aliphatic carbocycles. The van der Waals surface area contributed by atoms with E-state index in [1.165, 1.54) is 18.2 Å². The van der Waals surface area contributed by atoms with Gasteiger partial charge >= 0.3 is 6.18 Å². The molecule has 3 aromatic carbocycles. The molecule has 36 heavy (non-hydrogen) atoms. The van der Waals surface area contributed by atoms with E-state index in [9.17, 15) is 22.4 Å². The summed E-state index contributed by atoms with van der Waals surface area (Å²) in [4.78, 5) is 17.7. The number of aryl methyl sites for hydroxylation is 1. The van der Waals surface area contributed by atoms with Gasteiger partial charge < -0.3 is 15.1 Å². The van der Waals surface area contributed by atoms with E-state index in [4.69, 9.17) is 0 Å². The predicted molar refractivity (Wildman–Crippen MR) is 131 cm³/mol. The van der Waals surface area contributed by atoms with E-state index in [1.807, 2.05) is 19.1 Å². The van der Waals surface area contributed by atoms with Gasteiger partial charge in [0.2, 0.25) is 5.91 Å². The standard InChI is InChI=1S/C28H27F4N3O/c1-18-2-9-23(10-3-18)34-12-13-35-25-11-6-21(28(30,31)32)14-20(25)15-24(26(35)17-34)27(36)33-16-19-4-7-22(29)8-5-19/h2-11,14,24,26H,12-13,15-17H2,1H3,(H,33,36)/t24-,26+/m0/s1. The molecule has 0 bridgehead atoms. The molecule has 2 aliphatic rings. The molecule has 0 saturated carbocycles. The van der Waals surface area contributed by atoms with Crippen LogP contribution in [0.15, 0.2) is 66.7 Å². The Morgan fingerprint density at radius 3 is 2.42 bits per heavy atom. The van der Waals surface area contributed by atoms with Crippen LogP contribution in [0, 0.1) is 18.7 Å². The number of anilines is 2. The van der Waals surface area contributed by atoms with Gasteiger partial charge in [0, 0.05) is 37.6 Å². The van der Waals surface area contributed by atoms with Crippen molar-refractivity contribution in [1.82, 2.24) is 5.32 Å². The Labute approximate surface area is 207 Å². The summed E-state index contributed by atoms with van der Waals surface area (Å²) in [5.41, 5.74) is 3.56. The molecule has 0 radical (unpaired) electrons. The van der Waals surface area contributed by atoms with Crippen molar-refractivity contribution >= 4 is 17.3 Å². The van der Waals surface area contributed by atoms with Gasteiger partial charge in [-0.3, -0.25) is 4.79 Å². The number of hydrogen-bond donors (Lipinski definition) is 1. The minimum Gasteiger partial charge on any atom is -0.368 e. The summed E-state index contributed by atoms with van der Waals surface area (Å²) >= 11 is 0. The zero-order valence-corrected chi connectivity index (χ0v) is 19.9. The Bertz CT molecular complexity index is 1240. The average molecular weight is 498 g/mol. The lowest BCUT2D eigenvalue weighted by atomic mass is 9.82. The highest BCUT2D eigenvalue weighted by Gasteiger charge is 2.42. The molecule has 2 aliphatic heterocycles. The first-order valence-electron chi connectivity index (χ1n) is 12.0. The van der Waals surface area contributed by atoms with Crippen LogP contribution >= 0.6 is 0 Å². The van der Waals surface area contributed by atoms with Gasteiger partial charge in [-0.2, -0.15) is 13.2 Å². The summed E-state index contributed by atoms with van der Waals surface area (Å²) in [5, 5.41) is 2.93. The van der Waals surface area contributed by atoms with Crippen molar-refractivity contribution in [1.29, 1.82) is 0 Å². The van der Waals surface area contributed by atoms with Gasteiger partial charge in [-0.25, -0.2) is 4.39 Å². The number of halogens is 4. The fourth-order valence-electron chi connectivity index (χ4n) is 5.21. The smallest absolute Gasteiger partial charge is 0.368 e. The normalized spacial score (nSPS) is 19.5. The number of benzene rings is 3. The number of carbonyl (C=O) groups excluding carboxylic acids is 1. The van der Waals surface area contributed by atoms with E-state index in [-0.39, 0.29) is 30.7 Å². The molecule has 8 heteroatoms. The maximum atomic E-state index is 13.4. The van der Waals surface area contributed by atoms with Crippen LogP contribution in [0.3, 0.4) is 0 Å². The molecule has 0 spiro atoms. The highest BCUT2D eigenvalue weighted by atomic mass is 19.4. The molecule has 0 unspecified atom stereocenters. The van der Waals surface area contributed by atoms with Crippen LogP contribution in [0.25, 0.3) is 0 Å². The van der Waals surface area contributed by atoms with Gasteiger partial charge in [-0.05, 0) is 66.9 Å². The first kappa shape index (κ1) is 24.2. The van der Waals surface area contributed by atoms with Crippen molar-refractivity contribution in [3.8, 4) is 0 Å². The lowest BCUT2D eigenvalue weighted by molar-refractivity contribution is -0.137. The van der Waals surface area contributed by atoms with Crippen LogP contribution in [0.5, 0.6) is 0 Å². The molecule has 1 saturated heterocycles. The second-order valence-electron chi connectivity index (χ2n) is 9.54. The third kappa shape index (κ3) is 4.90. The van der Waals surface area contributed by atoms with Crippen molar-refractivity contribution in [2.45, 2.75) is 32.1 Å². The maximum Gasteiger partial charge on any atom is 0.416 e. The second kappa shape index (κ2) is 9.48. The van der Waals surface area contributed by atoms with Gasteiger partial charge in [0.05, 0.1) is 17.5 Å². The molecule has 2 heterocycles. The number of rotatable bonds is 4. The Hall–Kier alpha value is -3.55. The van der Waals surface area contributed by atoms with Gasteiger partial charge in [-0.15, -0.1) is 0 Å². The fraction of sp³-hybridized carbons (Fsp3) is 0.321. The largest absolute Gasteiger partial charge is 0.416 e. The van der Waals surface area contributed by atoms with E-state index >= 15 is 0 Å². The topological polar surface area (TPSA) is 35.6 Å². The molecule has 1 amide bonds. The molecule has 1 N–H and O–H groups in total.